The molecular formula is C14H23N3O. The second-order valence-electron chi connectivity index (χ2n) is 5.10. The first-order valence-corrected chi connectivity index (χ1v) is 6.65. The van der Waals surface area contributed by atoms with Crippen molar-refractivity contribution >= 4 is 5.69 Å². The van der Waals surface area contributed by atoms with Gasteiger partial charge >= 0.3 is 0 Å². The fourth-order valence-corrected chi connectivity index (χ4v) is 1.94. The van der Waals surface area contributed by atoms with Gasteiger partial charge in [-0.1, -0.05) is 0 Å². The Bertz CT molecular complexity index is 391. The molecule has 1 heterocycles. The number of aromatic nitrogens is 1. The highest BCUT2D eigenvalue weighted by Crippen LogP contribution is 2.28. The first kappa shape index (κ1) is 13.3. The fourth-order valence-electron chi connectivity index (χ4n) is 1.94. The van der Waals surface area contributed by atoms with Crippen LogP contribution >= 0.6 is 0 Å². The number of aryl methyl sites for hydroxylation is 1. The van der Waals surface area contributed by atoms with Crippen molar-refractivity contribution in [1.82, 2.24) is 4.98 Å². The fraction of sp³-hybridized carbons (Fsp3) is 0.643. The van der Waals surface area contributed by atoms with Crippen molar-refractivity contribution in [2.24, 2.45) is 11.7 Å². The average molecular weight is 249 g/mol. The molecule has 1 aliphatic carbocycles. The zero-order valence-corrected chi connectivity index (χ0v) is 11.4. The molecule has 2 N–H and O–H groups in total. The van der Waals surface area contributed by atoms with Crippen molar-refractivity contribution in [3.63, 3.8) is 0 Å². The normalized spacial score (nSPS) is 14.8. The Morgan fingerprint density at radius 3 is 2.94 bits per heavy atom. The lowest BCUT2D eigenvalue weighted by molar-refractivity contribution is 0.131. The molecule has 0 amide bonds. The Hall–Kier alpha value is -1.13. The largest absolute Gasteiger partial charge is 0.379 e. The van der Waals surface area contributed by atoms with Gasteiger partial charge in [-0.25, -0.2) is 0 Å². The molecule has 100 valence electrons. The van der Waals surface area contributed by atoms with E-state index in [0.717, 1.165) is 36.9 Å². The summed E-state index contributed by atoms with van der Waals surface area (Å²) in [7, 11) is 2.08. The van der Waals surface area contributed by atoms with Crippen LogP contribution in [-0.4, -0.2) is 31.8 Å². The van der Waals surface area contributed by atoms with Crippen LogP contribution in [0, 0.1) is 12.8 Å². The summed E-state index contributed by atoms with van der Waals surface area (Å²) in [5, 5.41) is 0. The highest BCUT2D eigenvalue weighted by molar-refractivity contribution is 5.52. The van der Waals surface area contributed by atoms with E-state index in [4.69, 9.17) is 10.5 Å². The molecule has 1 saturated carbocycles. The van der Waals surface area contributed by atoms with Crippen LogP contribution in [0.2, 0.25) is 0 Å². The summed E-state index contributed by atoms with van der Waals surface area (Å²) >= 11 is 0. The first-order chi connectivity index (χ1) is 8.70. The molecule has 1 aromatic heterocycles. The predicted octanol–water partition coefficient (Wildman–Crippen LogP) is 1.71. The average Bonchev–Trinajstić information content (AvgIpc) is 3.18. The van der Waals surface area contributed by atoms with Gasteiger partial charge in [-0.05, 0) is 31.7 Å². The van der Waals surface area contributed by atoms with Gasteiger partial charge < -0.3 is 15.4 Å². The molecule has 1 aliphatic rings. The van der Waals surface area contributed by atoms with Gasteiger partial charge in [0.15, 0.2) is 0 Å². The molecule has 0 unspecified atom stereocenters. The van der Waals surface area contributed by atoms with E-state index in [9.17, 15) is 0 Å². The number of likely N-dealkylation sites (N-methyl/N-ethyl adjacent to an activating group) is 1. The summed E-state index contributed by atoms with van der Waals surface area (Å²) in [5.41, 5.74) is 9.02. The molecule has 0 aromatic carbocycles. The lowest BCUT2D eigenvalue weighted by Crippen LogP contribution is -2.24. The smallest absolute Gasteiger partial charge is 0.0641 e. The van der Waals surface area contributed by atoms with E-state index in [2.05, 4.69) is 23.0 Å². The van der Waals surface area contributed by atoms with E-state index in [1.54, 1.807) is 0 Å². The molecule has 4 nitrogen and oxygen atoms in total. The number of nitrogens with zero attached hydrogens (tertiary/aromatic N) is 2. The van der Waals surface area contributed by atoms with E-state index in [1.165, 1.54) is 18.5 Å². The summed E-state index contributed by atoms with van der Waals surface area (Å²) in [4.78, 5) is 6.48. The van der Waals surface area contributed by atoms with Gasteiger partial charge in [-0.2, -0.15) is 0 Å². The lowest BCUT2D eigenvalue weighted by atomic mass is 10.2. The number of nitrogens with two attached hydrogens (primary N) is 1. The van der Waals surface area contributed by atoms with E-state index in [1.807, 2.05) is 13.1 Å². The maximum atomic E-state index is 5.74. The quantitative estimate of drug-likeness (QED) is 0.747. The van der Waals surface area contributed by atoms with Crippen LogP contribution in [0.1, 0.15) is 24.1 Å². The number of anilines is 1. The monoisotopic (exact) mass is 249 g/mol. The van der Waals surface area contributed by atoms with E-state index in [-0.39, 0.29) is 0 Å². The highest BCUT2D eigenvalue weighted by atomic mass is 16.5. The maximum Gasteiger partial charge on any atom is 0.0641 e. The van der Waals surface area contributed by atoms with Crippen LogP contribution in [0.5, 0.6) is 0 Å². The standard InChI is InChI=1S/C14H23N3O/c1-11-7-14(13(8-15)9-16-11)17(2)5-6-18-10-12-3-4-12/h7,9,12H,3-6,8,10,15H2,1-2H3. The molecule has 0 aliphatic heterocycles. The van der Waals surface area contributed by atoms with Crippen molar-refractivity contribution in [3.05, 3.63) is 23.5 Å². The Balaban J connectivity index is 1.85. The van der Waals surface area contributed by atoms with Crippen LogP contribution in [0.15, 0.2) is 12.3 Å². The van der Waals surface area contributed by atoms with Gasteiger partial charge in [0.1, 0.15) is 0 Å². The van der Waals surface area contributed by atoms with Gasteiger partial charge in [0.2, 0.25) is 0 Å². The van der Waals surface area contributed by atoms with Gasteiger partial charge in [-0.3, -0.25) is 4.98 Å². The van der Waals surface area contributed by atoms with E-state index < -0.39 is 0 Å². The van der Waals surface area contributed by atoms with Crippen molar-refractivity contribution in [2.45, 2.75) is 26.3 Å². The summed E-state index contributed by atoms with van der Waals surface area (Å²) in [6, 6.07) is 2.09. The minimum Gasteiger partial charge on any atom is -0.379 e. The zero-order valence-electron chi connectivity index (χ0n) is 11.4. The second-order valence-corrected chi connectivity index (χ2v) is 5.10. The summed E-state index contributed by atoms with van der Waals surface area (Å²) in [5.74, 6) is 0.832. The minimum atomic E-state index is 0.524. The second kappa shape index (κ2) is 6.16. The molecule has 0 saturated heterocycles. The SMILES string of the molecule is Cc1cc(N(C)CCOCC2CC2)c(CN)cn1. The van der Waals surface area contributed by atoms with Crippen LogP contribution in [0.25, 0.3) is 0 Å². The summed E-state index contributed by atoms with van der Waals surface area (Å²) in [6.45, 7) is 5.12. The lowest BCUT2D eigenvalue weighted by Gasteiger charge is -2.22. The molecule has 0 radical (unpaired) electrons. The molecule has 4 heteroatoms. The Morgan fingerprint density at radius 1 is 1.50 bits per heavy atom. The van der Waals surface area contributed by atoms with Crippen LogP contribution in [0.3, 0.4) is 0 Å². The minimum absolute atomic E-state index is 0.524. The number of ether oxygens (including phenoxy) is 1. The molecule has 1 aromatic rings. The van der Waals surface area contributed by atoms with Crippen LogP contribution in [0.4, 0.5) is 5.69 Å². The third kappa shape index (κ3) is 3.68. The van der Waals surface area contributed by atoms with Gasteiger partial charge in [-0.15, -0.1) is 0 Å². The van der Waals surface area contributed by atoms with Crippen molar-refractivity contribution in [1.29, 1.82) is 0 Å². The zero-order chi connectivity index (χ0) is 13.0. The van der Waals surface area contributed by atoms with Crippen molar-refractivity contribution in [3.8, 4) is 0 Å². The topological polar surface area (TPSA) is 51.4 Å². The molecule has 2 rings (SSSR count). The van der Waals surface area contributed by atoms with Crippen molar-refractivity contribution < 1.29 is 4.74 Å². The van der Waals surface area contributed by atoms with Crippen LogP contribution in [-0.2, 0) is 11.3 Å². The third-order valence-corrected chi connectivity index (χ3v) is 3.35. The third-order valence-electron chi connectivity index (χ3n) is 3.35. The Kier molecular flexibility index (Phi) is 4.55. The maximum absolute atomic E-state index is 5.74. The Labute approximate surface area is 109 Å². The number of hydrogen-bond donors (Lipinski definition) is 1. The van der Waals surface area contributed by atoms with E-state index in [0.29, 0.717) is 6.54 Å². The summed E-state index contributed by atoms with van der Waals surface area (Å²) in [6.07, 6.45) is 4.56. The highest BCUT2D eigenvalue weighted by Gasteiger charge is 2.21. The molecule has 0 atom stereocenters. The van der Waals surface area contributed by atoms with Crippen molar-refractivity contribution in [2.75, 3.05) is 31.7 Å². The number of pyridine rings is 1. The Morgan fingerprint density at radius 2 is 2.28 bits per heavy atom. The molecule has 0 bridgehead atoms. The van der Waals surface area contributed by atoms with Gasteiger partial charge in [0, 0.05) is 49.9 Å². The molecule has 18 heavy (non-hydrogen) atoms. The molecule has 1 fully saturated rings. The van der Waals surface area contributed by atoms with Crippen LogP contribution < -0.4 is 10.6 Å². The van der Waals surface area contributed by atoms with Gasteiger partial charge in [0.25, 0.3) is 0 Å². The van der Waals surface area contributed by atoms with Gasteiger partial charge in [0.05, 0.1) is 6.61 Å². The number of rotatable bonds is 7. The first-order valence-electron chi connectivity index (χ1n) is 6.65. The summed E-state index contributed by atoms with van der Waals surface area (Å²) < 4.78 is 5.66. The molecule has 0 spiro atoms. The molecular weight excluding hydrogens is 226 g/mol. The van der Waals surface area contributed by atoms with E-state index >= 15 is 0 Å². The number of hydrogen-bond acceptors (Lipinski definition) is 4. The predicted molar refractivity (Wildman–Crippen MR) is 73.7 cm³/mol.